The minimum atomic E-state index is -3.11. The van der Waals surface area contributed by atoms with Gasteiger partial charge in [-0.2, -0.15) is 0 Å². The monoisotopic (exact) mass is 165 g/mol. The third-order valence-corrected chi connectivity index (χ3v) is 0.471. The molecule has 0 aliphatic heterocycles. The van der Waals surface area contributed by atoms with Crippen molar-refractivity contribution >= 4 is 11.9 Å². The van der Waals surface area contributed by atoms with E-state index in [2.05, 4.69) is 0 Å². The van der Waals surface area contributed by atoms with Crippen LogP contribution in [0.4, 0.5) is 0 Å². The number of aliphatic carboxylic acids is 2. The van der Waals surface area contributed by atoms with E-state index in [0.29, 0.717) is 0 Å². The average molecular weight is 165 g/mol. The smallest absolute Gasteiger partial charge is 0.549 e. The van der Waals surface area contributed by atoms with Gasteiger partial charge in [-0.15, -0.1) is 0 Å². The van der Waals surface area contributed by atoms with E-state index in [1.54, 1.807) is 0 Å². The molecular formula is C4H4Na2O4. The van der Waals surface area contributed by atoms with Gasteiger partial charge in [0.2, 0.25) is 0 Å². The van der Waals surface area contributed by atoms with Crippen molar-refractivity contribution in [3.05, 3.63) is 0 Å². The van der Waals surface area contributed by atoms with E-state index in [1.165, 1.54) is 0 Å². The molecule has 0 saturated carbocycles. The zero-order valence-corrected chi connectivity index (χ0v) is 9.71. The van der Waals surface area contributed by atoms with Crippen LogP contribution in [0, 0.1) is 5.92 Å². The molecule has 0 fully saturated rings. The summed E-state index contributed by atoms with van der Waals surface area (Å²) in [7, 11) is 0. The largest absolute Gasteiger partial charge is 1.00 e. The van der Waals surface area contributed by atoms with Crippen LogP contribution in [-0.4, -0.2) is 11.9 Å². The van der Waals surface area contributed by atoms with E-state index in [4.69, 9.17) is 4.11 Å². The molecule has 4 nitrogen and oxygen atoms in total. The zero-order chi connectivity index (χ0) is 9.23. The van der Waals surface area contributed by atoms with Crippen molar-refractivity contribution in [1.29, 1.82) is 0 Å². The molecule has 0 spiro atoms. The average Bonchev–Trinajstić information content (AvgIpc) is 1.54. The first-order chi connectivity index (χ1) is 4.76. The maximum Gasteiger partial charge on any atom is 1.00 e. The molecule has 0 aromatic carbocycles. The van der Waals surface area contributed by atoms with Crippen molar-refractivity contribution in [2.24, 2.45) is 5.92 Å². The van der Waals surface area contributed by atoms with Gasteiger partial charge in [0.25, 0.3) is 0 Å². The summed E-state index contributed by atoms with van der Waals surface area (Å²) in [6.45, 7) is -3.11. The molecule has 0 radical (unpaired) electrons. The van der Waals surface area contributed by atoms with Gasteiger partial charge in [0.05, 0.1) is 0 Å². The van der Waals surface area contributed by atoms with E-state index in [-0.39, 0.29) is 59.1 Å². The molecule has 0 saturated heterocycles. The van der Waals surface area contributed by atoms with Crippen LogP contribution in [0.25, 0.3) is 0 Å². The van der Waals surface area contributed by atoms with Gasteiger partial charge in [0.1, 0.15) is 0 Å². The fourth-order valence-electron chi connectivity index (χ4n) is 0.0962. The van der Waals surface area contributed by atoms with Crippen LogP contribution in [0.15, 0.2) is 0 Å². The van der Waals surface area contributed by atoms with Crippen LogP contribution < -0.4 is 69.3 Å². The molecule has 0 amide bonds. The third kappa shape index (κ3) is 7.05. The van der Waals surface area contributed by atoms with E-state index in [1.807, 2.05) is 0 Å². The molecule has 0 N–H and O–H groups in total. The van der Waals surface area contributed by atoms with Crippen molar-refractivity contribution in [3.8, 4) is 0 Å². The molecule has 0 rings (SSSR count). The number of carboxylic acid groups (broad SMARTS) is 2. The molecule has 10 heavy (non-hydrogen) atoms. The van der Waals surface area contributed by atoms with Gasteiger partial charge in [-0.05, 0) is 0 Å². The predicted molar refractivity (Wildman–Crippen MR) is 19.2 cm³/mol. The van der Waals surface area contributed by atoms with Crippen molar-refractivity contribution in [3.63, 3.8) is 0 Å². The van der Waals surface area contributed by atoms with Gasteiger partial charge >= 0.3 is 59.1 Å². The van der Waals surface area contributed by atoms with Crippen molar-refractivity contribution in [2.45, 2.75) is 6.85 Å². The summed E-state index contributed by atoms with van der Waals surface area (Å²) in [6, 6.07) is 0. The van der Waals surface area contributed by atoms with E-state index in [0.717, 1.165) is 0 Å². The second-order valence-electron chi connectivity index (χ2n) is 1.07. The van der Waals surface area contributed by atoms with Crippen LogP contribution in [0.3, 0.4) is 0 Å². The zero-order valence-electron chi connectivity index (χ0n) is 8.71. The summed E-state index contributed by atoms with van der Waals surface area (Å²) in [6.07, 6.45) is 0. The minimum absolute atomic E-state index is 0. The first-order valence-corrected chi connectivity index (χ1v) is 1.68. The molecule has 0 atom stereocenters. The van der Waals surface area contributed by atoms with Gasteiger partial charge in [-0.1, -0.05) is 6.85 Å². The Morgan fingerprint density at radius 3 is 1.60 bits per heavy atom. The summed E-state index contributed by atoms with van der Waals surface area (Å²) in [5.41, 5.74) is 0. The SMILES string of the molecule is [2H]C([2H])([2H])C(C(=O)[O-])C(=O)[O-].[Na+].[Na+]. The van der Waals surface area contributed by atoms with Crippen molar-refractivity contribution in [1.82, 2.24) is 0 Å². The molecule has 0 aliphatic rings. The summed E-state index contributed by atoms with van der Waals surface area (Å²) in [4.78, 5) is 19.8. The van der Waals surface area contributed by atoms with Crippen LogP contribution >= 0.6 is 0 Å². The summed E-state index contributed by atoms with van der Waals surface area (Å²) in [5, 5.41) is 19.8. The van der Waals surface area contributed by atoms with Crippen LogP contribution in [0.2, 0.25) is 0 Å². The van der Waals surface area contributed by atoms with Crippen molar-refractivity contribution in [2.75, 3.05) is 0 Å². The van der Waals surface area contributed by atoms with Crippen LogP contribution in [0.1, 0.15) is 11.0 Å². The molecular weight excluding hydrogens is 158 g/mol. The first kappa shape index (κ1) is 9.03. The molecule has 6 heteroatoms. The van der Waals surface area contributed by atoms with Gasteiger partial charge in [0.15, 0.2) is 0 Å². The van der Waals surface area contributed by atoms with Gasteiger partial charge in [-0.3, -0.25) is 0 Å². The molecule has 0 aromatic rings. The number of rotatable bonds is 2. The number of hydrogen-bond donors (Lipinski definition) is 0. The Morgan fingerprint density at radius 2 is 1.60 bits per heavy atom. The van der Waals surface area contributed by atoms with Crippen molar-refractivity contribution < 1.29 is 83.0 Å². The van der Waals surface area contributed by atoms with E-state index in [9.17, 15) is 19.8 Å². The van der Waals surface area contributed by atoms with Crippen LogP contribution in [0.5, 0.6) is 0 Å². The number of carbonyl (C=O) groups is 2. The Morgan fingerprint density at radius 1 is 1.30 bits per heavy atom. The molecule has 0 unspecified atom stereocenters. The number of carbonyl (C=O) groups excluding carboxylic acids is 2. The second kappa shape index (κ2) is 8.04. The normalized spacial score (nSPS) is 13.1. The van der Waals surface area contributed by atoms with Crippen LogP contribution in [-0.2, 0) is 9.59 Å². The Labute approximate surface area is 107 Å². The van der Waals surface area contributed by atoms with Gasteiger partial charge in [-0.25, -0.2) is 0 Å². The Balaban J connectivity index is -0.000000500. The number of carboxylic acids is 2. The Hall–Kier alpha value is 0.940. The quantitative estimate of drug-likeness (QED) is 0.300. The predicted octanol–water partition coefficient (Wildman–Crippen LogP) is -8.87. The Kier molecular flexibility index (Phi) is 7.26. The summed E-state index contributed by atoms with van der Waals surface area (Å²) >= 11 is 0. The fourth-order valence-corrected chi connectivity index (χ4v) is 0.0962. The first-order valence-electron chi connectivity index (χ1n) is 3.18. The fraction of sp³-hybridized carbons (Fsp3) is 0.500. The standard InChI is InChI=1S/C4H6O4.2Na/c1-2(3(5)6)4(7)8;;/h2H,1H3,(H,5,6)(H,7,8);;/q;2*+1/p-2/i1D3;;. The maximum atomic E-state index is 9.90. The summed E-state index contributed by atoms with van der Waals surface area (Å²) < 4.78 is 19.3. The molecule has 46 valence electrons. The third-order valence-electron chi connectivity index (χ3n) is 0.471. The van der Waals surface area contributed by atoms with E-state index >= 15 is 0 Å². The maximum absolute atomic E-state index is 9.90. The molecule has 0 aliphatic carbocycles. The van der Waals surface area contributed by atoms with Gasteiger partial charge < -0.3 is 19.8 Å². The molecule has 0 heterocycles. The molecule has 0 bridgehead atoms. The summed E-state index contributed by atoms with van der Waals surface area (Å²) in [5.74, 6) is -6.88. The van der Waals surface area contributed by atoms with Gasteiger partial charge in [0, 0.05) is 22.0 Å². The Bertz CT molecular complexity index is 178. The topological polar surface area (TPSA) is 80.3 Å². The second-order valence-corrected chi connectivity index (χ2v) is 1.07. The number of hydrogen-bond acceptors (Lipinski definition) is 4. The minimum Gasteiger partial charge on any atom is -0.549 e. The van der Waals surface area contributed by atoms with E-state index < -0.39 is 24.7 Å². The molecule has 0 aromatic heterocycles.